The van der Waals surface area contributed by atoms with Gasteiger partial charge in [0, 0.05) is 12.2 Å². The summed E-state index contributed by atoms with van der Waals surface area (Å²) in [5, 5.41) is 16.1. The molecule has 2 rings (SSSR count). The lowest BCUT2D eigenvalue weighted by Crippen LogP contribution is -2.34. The standard InChI is InChI=1S/C13H14N4O3/c1-2-16(10-6-4-3-5-7-10)12(18)9-17-11(13(19)20)8-14-15-17/h3-8H,2,9H2,1H3,(H,19,20). The van der Waals surface area contributed by atoms with E-state index < -0.39 is 5.97 Å². The van der Waals surface area contributed by atoms with Crippen LogP contribution in [0.1, 0.15) is 17.4 Å². The van der Waals surface area contributed by atoms with Gasteiger partial charge in [-0.1, -0.05) is 23.4 Å². The van der Waals surface area contributed by atoms with Gasteiger partial charge in [0.25, 0.3) is 0 Å². The molecule has 0 atom stereocenters. The van der Waals surface area contributed by atoms with Crippen LogP contribution < -0.4 is 4.90 Å². The zero-order chi connectivity index (χ0) is 14.5. The molecule has 0 saturated heterocycles. The first kappa shape index (κ1) is 13.7. The Morgan fingerprint density at radius 2 is 2.00 bits per heavy atom. The molecule has 7 heteroatoms. The van der Waals surface area contributed by atoms with Gasteiger partial charge < -0.3 is 10.0 Å². The van der Waals surface area contributed by atoms with E-state index in [-0.39, 0.29) is 18.1 Å². The van der Waals surface area contributed by atoms with Crippen LogP contribution in [0.25, 0.3) is 0 Å². The number of carboxylic acids is 1. The van der Waals surface area contributed by atoms with E-state index in [1.807, 2.05) is 37.3 Å². The van der Waals surface area contributed by atoms with Crippen molar-refractivity contribution in [1.82, 2.24) is 15.0 Å². The second-order valence-corrected chi connectivity index (χ2v) is 4.06. The molecule has 104 valence electrons. The predicted octanol–water partition coefficient (Wildman–Crippen LogP) is 1.03. The lowest BCUT2D eigenvalue weighted by Gasteiger charge is -2.21. The van der Waals surface area contributed by atoms with Gasteiger partial charge in [-0.25, -0.2) is 9.48 Å². The number of likely N-dealkylation sites (N-methyl/N-ethyl adjacent to an activating group) is 1. The van der Waals surface area contributed by atoms with Gasteiger partial charge in [0.2, 0.25) is 5.91 Å². The minimum atomic E-state index is -1.16. The summed E-state index contributed by atoms with van der Waals surface area (Å²) in [4.78, 5) is 24.8. The third-order valence-electron chi connectivity index (χ3n) is 2.81. The van der Waals surface area contributed by atoms with Gasteiger partial charge in [-0.3, -0.25) is 4.79 Å². The molecule has 0 bridgehead atoms. The van der Waals surface area contributed by atoms with Crippen molar-refractivity contribution < 1.29 is 14.7 Å². The molecule has 0 radical (unpaired) electrons. The van der Waals surface area contributed by atoms with Crippen LogP contribution in [0.4, 0.5) is 5.69 Å². The van der Waals surface area contributed by atoms with Gasteiger partial charge in [-0.05, 0) is 19.1 Å². The monoisotopic (exact) mass is 274 g/mol. The number of aromatic nitrogens is 3. The Morgan fingerprint density at radius 3 is 2.60 bits per heavy atom. The molecule has 0 spiro atoms. The molecule has 20 heavy (non-hydrogen) atoms. The van der Waals surface area contributed by atoms with Crippen molar-refractivity contribution in [2.24, 2.45) is 0 Å². The smallest absolute Gasteiger partial charge is 0.355 e. The summed E-state index contributed by atoms with van der Waals surface area (Å²) < 4.78 is 1.08. The highest BCUT2D eigenvalue weighted by Gasteiger charge is 2.18. The summed E-state index contributed by atoms with van der Waals surface area (Å²) in [6.45, 7) is 2.18. The highest BCUT2D eigenvalue weighted by molar-refractivity contribution is 5.94. The second-order valence-electron chi connectivity index (χ2n) is 4.06. The van der Waals surface area contributed by atoms with Crippen molar-refractivity contribution in [1.29, 1.82) is 0 Å². The number of nitrogens with zero attached hydrogens (tertiary/aromatic N) is 4. The molecular formula is C13H14N4O3. The lowest BCUT2D eigenvalue weighted by molar-refractivity contribution is -0.119. The van der Waals surface area contributed by atoms with Crippen molar-refractivity contribution in [2.75, 3.05) is 11.4 Å². The maximum atomic E-state index is 12.3. The van der Waals surface area contributed by atoms with E-state index in [1.54, 1.807) is 4.90 Å². The number of anilines is 1. The Morgan fingerprint density at radius 1 is 1.30 bits per heavy atom. The normalized spacial score (nSPS) is 10.2. The summed E-state index contributed by atoms with van der Waals surface area (Å²) in [6.07, 6.45) is 1.12. The number of benzene rings is 1. The molecule has 0 aliphatic carbocycles. The lowest BCUT2D eigenvalue weighted by atomic mass is 10.3. The highest BCUT2D eigenvalue weighted by atomic mass is 16.4. The van der Waals surface area contributed by atoms with Gasteiger partial charge in [0.1, 0.15) is 6.54 Å². The number of carbonyl (C=O) groups is 2. The van der Waals surface area contributed by atoms with Crippen LogP contribution in [0.15, 0.2) is 36.5 Å². The summed E-state index contributed by atoms with van der Waals surface area (Å²) in [6, 6.07) is 9.18. The number of para-hydroxylation sites is 1. The number of carbonyl (C=O) groups excluding carboxylic acids is 1. The molecule has 1 heterocycles. The summed E-state index contributed by atoms with van der Waals surface area (Å²) >= 11 is 0. The molecule has 1 N–H and O–H groups in total. The van der Waals surface area contributed by atoms with E-state index in [4.69, 9.17) is 5.11 Å². The molecule has 2 aromatic rings. The van der Waals surface area contributed by atoms with E-state index in [2.05, 4.69) is 10.3 Å². The van der Waals surface area contributed by atoms with Crippen LogP contribution in [0.5, 0.6) is 0 Å². The number of amides is 1. The molecule has 0 aliphatic rings. The van der Waals surface area contributed by atoms with Gasteiger partial charge in [0.05, 0.1) is 6.20 Å². The topological polar surface area (TPSA) is 88.3 Å². The Balaban J connectivity index is 2.18. The summed E-state index contributed by atoms with van der Waals surface area (Å²) in [7, 11) is 0. The van der Waals surface area contributed by atoms with Crippen molar-refractivity contribution in [3.05, 3.63) is 42.2 Å². The van der Waals surface area contributed by atoms with Crippen LogP contribution >= 0.6 is 0 Å². The quantitative estimate of drug-likeness (QED) is 0.879. The summed E-state index contributed by atoms with van der Waals surface area (Å²) in [5.41, 5.74) is 0.652. The molecule has 1 aromatic carbocycles. The fourth-order valence-corrected chi connectivity index (χ4v) is 1.86. The predicted molar refractivity (Wildman–Crippen MR) is 71.5 cm³/mol. The van der Waals surface area contributed by atoms with E-state index in [0.29, 0.717) is 6.54 Å². The van der Waals surface area contributed by atoms with Gasteiger partial charge in [0.15, 0.2) is 5.69 Å². The first-order chi connectivity index (χ1) is 9.63. The number of hydrogen-bond donors (Lipinski definition) is 1. The van der Waals surface area contributed by atoms with Gasteiger partial charge in [-0.15, -0.1) is 5.10 Å². The number of rotatable bonds is 5. The largest absolute Gasteiger partial charge is 0.476 e. The average Bonchev–Trinajstić information content (AvgIpc) is 2.89. The second kappa shape index (κ2) is 5.96. The molecular weight excluding hydrogens is 260 g/mol. The third-order valence-corrected chi connectivity index (χ3v) is 2.81. The van der Waals surface area contributed by atoms with Crippen LogP contribution in [0.2, 0.25) is 0 Å². The Labute approximate surface area is 115 Å². The molecule has 0 aliphatic heterocycles. The first-order valence-corrected chi connectivity index (χ1v) is 6.10. The maximum absolute atomic E-state index is 12.3. The minimum absolute atomic E-state index is 0.109. The van der Waals surface area contributed by atoms with Crippen molar-refractivity contribution >= 4 is 17.6 Å². The highest BCUT2D eigenvalue weighted by Crippen LogP contribution is 2.13. The molecule has 0 saturated carbocycles. The molecule has 0 fully saturated rings. The van der Waals surface area contributed by atoms with Crippen molar-refractivity contribution in [3.63, 3.8) is 0 Å². The van der Waals surface area contributed by atoms with Crippen LogP contribution in [-0.4, -0.2) is 38.5 Å². The van der Waals surface area contributed by atoms with E-state index in [1.165, 1.54) is 0 Å². The Bertz CT molecular complexity index is 609. The molecule has 1 aromatic heterocycles. The Kier molecular flexibility index (Phi) is 4.09. The average molecular weight is 274 g/mol. The van der Waals surface area contributed by atoms with E-state index in [9.17, 15) is 9.59 Å². The van der Waals surface area contributed by atoms with Crippen LogP contribution in [-0.2, 0) is 11.3 Å². The molecule has 0 unspecified atom stereocenters. The number of hydrogen-bond acceptors (Lipinski definition) is 4. The fraction of sp³-hybridized carbons (Fsp3) is 0.231. The van der Waals surface area contributed by atoms with Gasteiger partial charge in [-0.2, -0.15) is 0 Å². The van der Waals surface area contributed by atoms with Crippen LogP contribution in [0.3, 0.4) is 0 Å². The zero-order valence-electron chi connectivity index (χ0n) is 10.9. The molecule has 7 nitrogen and oxygen atoms in total. The third kappa shape index (κ3) is 2.82. The number of aromatic carboxylic acids is 1. The van der Waals surface area contributed by atoms with Crippen LogP contribution in [0, 0.1) is 0 Å². The minimum Gasteiger partial charge on any atom is -0.476 e. The fourth-order valence-electron chi connectivity index (χ4n) is 1.86. The summed E-state index contributed by atoms with van der Waals surface area (Å²) in [5.74, 6) is -1.41. The van der Waals surface area contributed by atoms with E-state index >= 15 is 0 Å². The maximum Gasteiger partial charge on any atom is 0.355 e. The SMILES string of the molecule is CCN(C(=O)Cn1nncc1C(=O)O)c1ccccc1. The van der Waals surface area contributed by atoms with E-state index in [0.717, 1.165) is 16.6 Å². The van der Waals surface area contributed by atoms with Crippen molar-refractivity contribution in [3.8, 4) is 0 Å². The van der Waals surface area contributed by atoms with Crippen molar-refractivity contribution in [2.45, 2.75) is 13.5 Å². The molecule has 1 amide bonds. The first-order valence-electron chi connectivity index (χ1n) is 6.10. The van der Waals surface area contributed by atoms with Gasteiger partial charge >= 0.3 is 5.97 Å². The Hall–Kier alpha value is -2.70. The number of carboxylic acid groups (broad SMARTS) is 1. The zero-order valence-corrected chi connectivity index (χ0v) is 10.9.